The van der Waals surface area contributed by atoms with Crippen LogP contribution in [0.3, 0.4) is 0 Å². The molecule has 0 atom stereocenters. The molecule has 0 N–H and O–H groups in total. The molecule has 0 spiro atoms. The van der Waals surface area contributed by atoms with Gasteiger partial charge >= 0.3 is 6.09 Å². The second-order valence-corrected chi connectivity index (χ2v) is 6.60. The number of anilines is 1. The molecule has 0 aromatic carbocycles. The number of rotatable bonds is 2. The second kappa shape index (κ2) is 6.06. The van der Waals surface area contributed by atoms with Crippen LogP contribution in [0.1, 0.15) is 31.3 Å². The summed E-state index contributed by atoms with van der Waals surface area (Å²) in [6, 6.07) is 0. The third-order valence-electron chi connectivity index (χ3n) is 3.70. The lowest BCUT2D eigenvalue weighted by molar-refractivity contribution is 0.0240. The highest BCUT2D eigenvalue weighted by Gasteiger charge is 2.27. The highest BCUT2D eigenvalue weighted by Crippen LogP contribution is 2.20. The van der Waals surface area contributed by atoms with E-state index in [9.17, 15) is 9.59 Å². The number of amides is 1. The van der Waals surface area contributed by atoms with Gasteiger partial charge in [0.25, 0.3) is 0 Å². The van der Waals surface area contributed by atoms with Gasteiger partial charge in [0.15, 0.2) is 12.1 Å². The highest BCUT2D eigenvalue weighted by atomic mass is 16.6. The molecule has 0 unspecified atom stereocenters. The first-order valence-corrected chi connectivity index (χ1v) is 7.76. The van der Waals surface area contributed by atoms with E-state index in [4.69, 9.17) is 4.74 Å². The van der Waals surface area contributed by atoms with Crippen molar-refractivity contribution in [2.24, 2.45) is 0 Å². The molecular weight excluding hydrogens is 312 g/mol. The summed E-state index contributed by atoms with van der Waals surface area (Å²) in [5.41, 5.74) is 0.421. The van der Waals surface area contributed by atoms with Gasteiger partial charge in [0.05, 0.1) is 6.20 Å². The molecule has 1 saturated heterocycles. The predicted octanol–water partition coefficient (Wildman–Crippen LogP) is 0.994. The Morgan fingerprint density at radius 3 is 2.58 bits per heavy atom. The molecule has 1 fully saturated rings. The van der Waals surface area contributed by atoms with E-state index in [1.54, 1.807) is 9.30 Å². The Morgan fingerprint density at radius 2 is 1.96 bits per heavy atom. The van der Waals surface area contributed by atoms with E-state index in [-0.39, 0.29) is 6.09 Å². The standard InChI is InChI=1S/C15H20N6O3/c1-15(2,3)24-14(23)20-6-4-19(5-7-20)12-13-18-17-10-21(13)11(9-22)8-16-12/h8-10H,4-7H2,1-3H3. The first kappa shape index (κ1) is 16.2. The fourth-order valence-electron chi connectivity index (χ4n) is 2.56. The normalized spacial score (nSPS) is 15.6. The average molecular weight is 332 g/mol. The number of ether oxygens (including phenoxy) is 1. The zero-order chi connectivity index (χ0) is 17.3. The van der Waals surface area contributed by atoms with Gasteiger partial charge in [-0.3, -0.25) is 9.20 Å². The van der Waals surface area contributed by atoms with Gasteiger partial charge in [-0.15, -0.1) is 10.2 Å². The summed E-state index contributed by atoms with van der Waals surface area (Å²) in [7, 11) is 0. The monoisotopic (exact) mass is 332 g/mol. The number of carbonyl (C=O) groups is 2. The zero-order valence-electron chi connectivity index (χ0n) is 14.0. The molecule has 3 heterocycles. The maximum absolute atomic E-state index is 12.1. The molecule has 2 aromatic rings. The van der Waals surface area contributed by atoms with Crippen molar-refractivity contribution >= 4 is 23.8 Å². The minimum Gasteiger partial charge on any atom is -0.444 e. The molecule has 1 amide bonds. The fraction of sp³-hybridized carbons (Fsp3) is 0.533. The first-order chi connectivity index (χ1) is 11.4. The quantitative estimate of drug-likeness (QED) is 0.757. The predicted molar refractivity (Wildman–Crippen MR) is 86.2 cm³/mol. The summed E-state index contributed by atoms with van der Waals surface area (Å²) < 4.78 is 7.00. The van der Waals surface area contributed by atoms with Gasteiger partial charge in [-0.05, 0) is 20.8 Å². The minimum absolute atomic E-state index is 0.306. The molecule has 0 radical (unpaired) electrons. The lowest BCUT2D eigenvalue weighted by Crippen LogP contribution is -2.50. The van der Waals surface area contributed by atoms with Crippen molar-refractivity contribution < 1.29 is 14.3 Å². The van der Waals surface area contributed by atoms with E-state index < -0.39 is 5.60 Å². The molecular formula is C15H20N6O3. The highest BCUT2D eigenvalue weighted by molar-refractivity contribution is 5.76. The van der Waals surface area contributed by atoms with Crippen molar-refractivity contribution in [1.82, 2.24) is 24.5 Å². The molecule has 9 nitrogen and oxygen atoms in total. The summed E-state index contributed by atoms with van der Waals surface area (Å²) in [6.07, 6.45) is 3.40. The molecule has 24 heavy (non-hydrogen) atoms. The van der Waals surface area contributed by atoms with E-state index in [2.05, 4.69) is 15.2 Å². The van der Waals surface area contributed by atoms with Crippen molar-refractivity contribution in [3.63, 3.8) is 0 Å². The number of fused-ring (bicyclic) bond motifs is 1. The molecule has 1 aliphatic rings. The number of hydrogen-bond acceptors (Lipinski definition) is 7. The maximum Gasteiger partial charge on any atom is 0.410 e. The Kier molecular flexibility index (Phi) is 4.08. The Bertz CT molecular complexity index is 758. The zero-order valence-corrected chi connectivity index (χ0v) is 14.0. The van der Waals surface area contributed by atoms with Crippen molar-refractivity contribution in [1.29, 1.82) is 0 Å². The lowest BCUT2D eigenvalue weighted by Gasteiger charge is -2.36. The summed E-state index contributed by atoms with van der Waals surface area (Å²) in [4.78, 5) is 31.2. The van der Waals surface area contributed by atoms with Gasteiger partial charge in [-0.2, -0.15) is 0 Å². The van der Waals surface area contributed by atoms with E-state index in [0.29, 0.717) is 49.6 Å². The average Bonchev–Trinajstić information content (AvgIpc) is 3.02. The van der Waals surface area contributed by atoms with Gasteiger partial charge in [0.2, 0.25) is 5.65 Å². The smallest absolute Gasteiger partial charge is 0.410 e. The summed E-state index contributed by atoms with van der Waals surface area (Å²) in [5.74, 6) is 0.655. The van der Waals surface area contributed by atoms with Crippen molar-refractivity contribution in [3.05, 3.63) is 18.2 Å². The van der Waals surface area contributed by atoms with E-state index >= 15 is 0 Å². The van der Waals surface area contributed by atoms with Crippen LogP contribution in [0.25, 0.3) is 5.65 Å². The van der Waals surface area contributed by atoms with Crippen molar-refractivity contribution in [3.8, 4) is 0 Å². The largest absolute Gasteiger partial charge is 0.444 e. The van der Waals surface area contributed by atoms with E-state index in [1.807, 2.05) is 25.7 Å². The Hall–Kier alpha value is -2.71. The molecule has 0 saturated carbocycles. The van der Waals surface area contributed by atoms with Gasteiger partial charge in [-0.25, -0.2) is 9.78 Å². The SMILES string of the molecule is CC(C)(C)OC(=O)N1CCN(c2ncc(C=O)n3cnnc23)CC1. The summed E-state index contributed by atoms with van der Waals surface area (Å²) >= 11 is 0. The molecule has 0 aliphatic carbocycles. The second-order valence-electron chi connectivity index (χ2n) is 6.60. The maximum atomic E-state index is 12.1. The van der Waals surface area contributed by atoms with Crippen LogP contribution in [0.5, 0.6) is 0 Å². The lowest BCUT2D eigenvalue weighted by atomic mass is 10.2. The number of aromatic nitrogens is 4. The van der Waals surface area contributed by atoms with Crippen LogP contribution in [-0.2, 0) is 4.74 Å². The Labute approximate surface area is 139 Å². The number of aldehydes is 1. The molecule has 1 aliphatic heterocycles. The van der Waals surface area contributed by atoms with Gasteiger partial charge < -0.3 is 14.5 Å². The third-order valence-corrected chi connectivity index (χ3v) is 3.70. The fourth-order valence-corrected chi connectivity index (χ4v) is 2.56. The topological polar surface area (TPSA) is 92.9 Å². The molecule has 3 rings (SSSR count). The van der Waals surface area contributed by atoms with Crippen molar-refractivity contribution in [2.45, 2.75) is 26.4 Å². The molecule has 2 aromatic heterocycles. The number of nitrogens with zero attached hydrogens (tertiary/aromatic N) is 6. The van der Waals surface area contributed by atoms with Gasteiger partial charge in [0.1, 0.15) is 17.6 Å². The summed E-state index contributed by atoms with van der Waals surface area (Å²) in [5, 5.41) is 7.90. The van der Waals surface area contributed by atoms with E-state index in [0.717, 1.165) is 0 Å². The molecule has 9 heteroatoms. The number of piperazine rings is 1. The van der Waals surface area contributed by atoms with E-state index in [1.165, 1.54) is 12.5 Å². The molecule has 128 valence electrons. The Balaban J connectivity index is 1.73. The van der Waals surface area contributed by atoms with Gasteiger partial charge in [-0.1, -0.05) is 0 Å². The summed E-state index contributed by atoms with van der Waals surface area (Å²) in [6.45, 7) is 7.83. The van der Waals surface area contributed by atoms with Crippen LogP contribution in [0.4, 0.5) is 10.6 Å². The van der Waals surface area contributed by atoms with Crippen LogP contribution in [0, 0.1) is 0 Å². The van der Waals surface area contributed by atoms with Crippen LogP contribution < -0.4 is 4.90 Å². The Morgan fingerprint density at radius 1 is 1.25 bits per heavy atom. The first-order valence-electron chi connectivity index (χ1n) is 7.76. The number of hydrogen-bond donors (Lipinski definition) is 0. The van der Waals surface area contributed by atoms with Crippen LogP contribution in [-0.4, -0.2) is 68.6 Å². The number of carbonyl (C=O) groups excluding carboxylic acids is 2. The van der Waals surface area contributed by atoms with Crippen LogP contribution in [0.15, 0.2) is 12.5 Å². The van der Waals surface area contributed by atoms with Gasteiger partial charge in [0, 0.05) is 26.2 Å². The van der Waals surface area contributed by atoms with Crippen LogP contribution >= 0.6 is 0 Å². The van der Waals surface area contributed by atoms with Crippen LogP contribution in [0.2, 0.25) is 0 Å². The molecule has 0 bridgehead atoms. The third kappa shape index (κ3) is 3.15. The van der Waals surface area contributed by atoms with Crippen molar-refractivity contribution in [2.75, 3.05) is 31.1 Å². The minimum atomic E-state index is -0.506.